The molecule has 0 amide bonds. The maximum absolute atomic E-state index is 2.42. The van der Waals surface area contributed by atoms with E-state index in [4.69, 9.17) is 0 Å². The van der Waals surface area contributed by atoms with Gasteiger partial charge in [-0.15, -0.1) is 0 Å². The summed E-state index contributed by atoms with van der Waals surface area (Å²) in [4.78, 5) is 0. The Labute approximate surface area is 156 Å². The van der Waals surface area contributed by atoms with Crippen molar-refractivity contribution in [1.82, 2.24) is 0 Å². The van der Waals surface area contributed by atoms with Crippen LogP contribution in [0.2, 0.25) is 0 Å². The summed E-state index contributed by atoms with van der Waals surface area (Å²) in [5, 5.41) is 0. The van der Waals surface area contributed by atoms with Crippen molar-refractivity contribution in [1.29, 1.82) is 0 Å². The van der Waals surface area contributed by atoms with E-state index in [2.05, 4.69) is 64.1 Å². The third kappa shape index (κ3) is 2.21. The van der Waals surface area contributed by atoms with Gasteiger partial charge >= 0.3 is 0 Å². The molecule has 0 bridgehead atoms. The van der Waals surface area contributed by atoms with Crippen LogP contribution in [0.15, 0.2) is 36.4 Å². The molecule has 26 heavy (non-hydrogen) atoms. The Bertz CT molecular complexity index is 980. The van der Waals surface area contributed by atoms with Gasteiger partial charge in [-0.1, -0.05) is 36.4 Å². The average Bonchev–Trinajstić information content (AvgIpc) is 2.63. The van der Waals surface area contributed by atoms with Crippen LogP contribution in [-0.2, 0) is 25.7 Å². The summed E-state index contributed by atoms with van der Waals surface area (Å²) in [6, 6.07) is 14.4. The smallest absolute Gasteiger partial charge is 0.0146 e. The molecule has 0 fully saturated rings. The number of aryl methyl sites for hydroxylation is 6. The fourth-order valence-corrected chi connectivity index (χ4v) is 4.96. The van der Waals surface area contributed by atoms with E-state index in [1.54, 1.807) is 11.1 Å². The maximum atomic E-state index is 2.42. The summed E-state index contributed by atoms with van der Waals surface area (Å²) in [7, 11) is 0. The fourth-order valence-electron chi connectivity index (χ4n) is 4.96. The molecule has 0 heteroatoms. The predicted octanol–water partition coefficient (Wildman–Crippen LogP) is 6.45. The fraction of sp³-hybridized carbons (Fsp3) is 0.308. The van der Waals surface area contributed by atoms with Crippen molar-refractivity contribution in [2.24, 2.45) is 0 Å². The van der Waals surface area contributed by atoms with Crippen LogP contribution in [0.5, 0.6) is 0 Å². The maximum Gasteiger partial charge on any atom is -0.0146 e. The van der Waals surface area contributed by atoms with Gasteiger partial charge in [0, 0.05) is 0 Å². The van der Waals surface area contributed by atoms with Crippen molar-refractivity contribution < 1.29 is 0 Å². The lowest BCUT2D eigenvalue weighted by Gasteiger charge is -2.29. The highest BCUT2D eigenvalue weighted by Crippen LogP contribution is 2.43. The van der Waals surface area contributed by atoms with Gasteiger partial charge in [-0.2, -0.15) is 0 Å². The van der Waals surface area contributed by atoms with Gasteiger partial charge in [0.05, 0.1) is 0 Å². The van der Waals surface area contributed by atoms with E-state index in [9.17, 15) is 0 Å². The Kier molecular flexibility index (Phi) is 3.41. The Balaban J connectivity index is 1.73. The van der Waals surface area contributed by atoms with E-state index in [-0.39, 0.29) is 0 Å². The van der Waals surface area contributed by atoms with E-state index in [1.807, 2.05) is 0 Å². The highest BCUT2D eigenvalue weighted by molar-refractivity contribution is 5.83. The SMILES string of the molecule is Cc1cc2c(cc1C)-c1ccc3c(c1CC2)CCc1cc(C)c(C)cc1-3. The van der Waals surface area contributed by atoms with Crippen molar-refractivity contribution in [2.45, 2.75) is 53.4 Å². The number of fused-ring (bicyclic) bond motifs is 7. The van der Waals surface area contributed by atoms with E-state index < -0.39 is 0 Å². The first-order valence-electron chi connectivity index (χ1n) is 9.88. The van der Waals surface area contributed by atoms with Gasteiger partial charge in [0.2, 0.25) is 0 Å². The molecule has 0 heterocycles. The van der Waals surface area contributed by atoms with Crippen molar-refractivity contribution >= 4 is 0 Å². The van der Waals surface area contributed by atoms with Crippen LogP contribution in [0.1, 0.15) is 44.5 Å². The van der Waals surface area contributed by atoms with Crippen LogP contribution in [0, 0.1) is 27.7 Å². The average molecular weight is 338 g/mol. The molecule has 2 aliphatic rings. The second kappa shape index (κ2) is 5.58. The van der Waals surface area contributed by atoms with Gasteiger partial charge in [-0.25, -0.2) is 0 Å². The zero-order valence-electron chi connectivity index (χ0n) is 16.3. The molecular weight excluding hydrogens is 312 g/mol. The normalized spacial score (nSPS) is 14.3. The molecule has 2 aliphatic carbocycles. The molecule has 3 aromatic rings. The lowest BCUT2D eigenvalue weighted by molar-refractivity contribution is 0.871. The van der Waals surface area contributed by atoms with Crippen molar-refractivity contribution in [2.75, 3.05) is 0 Å². The monoisotopic (exact) mass is 338 g/mol. The lowest BCUT2D eigenvalue weighted by Crippen LogP contribution is -2.13. The van der Waals surface area contributed by atoms with Crippen LogP contribution in [-0.4, -0.2) is 0 Å². The topological polar surface area (TPSA) is 0 Å². The van der Waals surface area contributed by atoms with E-state index in [1.165, 1.54) is 81.3 Å². The third-order valence-electron chi connectivity index (χ3n) is 6.74. The molecule has 0 unspecified atom stereocenters. The van der Waals surface area contributed by atoms with Crippen molar-refractivity contribution in [3.05, 3.63) is 80.9 Å². The van der Waals surface area contributed by atoms with Gasteiger partial charge in [-0.3, -0.25) is 0 Å². The van der Waals surface area contributed by atoms with Crippen LogP contribution in [0.4, 0.5) is 0 Å². The minimum absolute atomic E-state index is 1.18. The Hall–Kier alpha value is -2.34. The molecular formula is C26H26. The van der Waals surface area contributed by atoms with E-state index in [0.717, 1.165) is 0 Å². The van der Waals surface area contributed by atoms with Gasteiger partial charge in [-0.05, 0) is 120 Å². The number of rotatable bonds is 0. The Morgan fingerprint density at radius 2 is 0.846 bits per heavy atom. The molecule has 3 aromatic carbocycles. The van der Waals surface area contributed by atoms with Gasteiger partial charge in [0.1, 0.15) is 0 Å². The minimum atomic E-state index is 1.18. The highest BCUT2D eigenvalue weighted by atomic mass is 14.3. The molecule has 0 radical (unpaired) electrons. The molecule has 0 atom stereocenters. The third-order valence-corrected chi connectivity index (χ3v) is 6.74. The Morgan fingerprint density at radius 3 is 1.27 bits per heavy atom. The molecule has 0 saturated heterocycles. The molecule has 5 rings (SSSR count). The van der Waals surface area contributed by atoms with Gasteiger partial charge in [0.15, 0.2) is 0 Å². The van der Waals surface area contributed by atoms with Crippen LogP contribution < -0.4 is 0 Å². The number of hydrogen-bond acceptors (Lipinski definition) is 0. The second-order valence-corrected chi connectivity index (χ2v) is 8.31. The molecule has 130 valence electrons. The Morgan fingerprint density at radius 1 is 0.462 bits per heavy atom. The predicted molar refractivity (Wildman–Crippen MR) is 111 cm³/mol. The zero-order chi connectivity index (χ0) is 18.0. The molecule has 0 N–H and O–H groups in total. The minimum Gasteiger partial charge on any atom is -0.0552 e. The van der Waals surface area contributed by atoms with Crippen molar-refractivity contribution in [3.8, 4) is 22.3 Å². The van der Waals surface area contributed by atoms with Crippen LogP contribution in [0.25, 0.3) is 22.3 Å². The first-order chi connectivity index (χ1) is 12.5. The zero-order valence-corrected chi connectivity index (χ0v) is 16.3. The number of hydrogen-bond donors (Lipinski definition) is 0. The quantitative estimate of drug-likeness (QED) is 0.442. The summed E-state index contributed by atoms with van der Waals surface area (Å²) in [5.74, 6) is 0. The largest absolute Gasteiger partial charge is 0.0552 e. The standard InChI is InChI=1S/C26H26/c1-15-11-19-5-7-21-22-8-6-20-12-16(2)18(4)14-26(20)24(22)10-9-23(21)25(19)13-17(15)3/h9-14H,5-8H2,1-4H3. The first kappa shape index (κ1) is 15.9. The van der Waals surface area contributed by atoms with Crippen molar-refractivity contribution in [3.63, 3.8) is 0 Å². The van der Waals surface area contributed by atoms with Gasteiger partial charge < -0.3 is 0 Å². The first-order valence-corrected chi connectivity index (χ1v) is 9.88. The molecule has 0 aromatic heterocycles. The molecule has 0 saturated carbocycles. The van der Waals surface area contributed by atoms with E-state index in [0.29, 0.717) is 0 Å². The van der Waals surface area contributed by atoms with Gasteiger partial charge in [0.25, 0.3) is 0 Å². The van der Waals surface area contributed by atoms with E-state index >= 15 is 0 Å². The lowest BCUT2D eigenvalue weighted by atomic mass is 9.75. The molecule has 0 spiro atoms. The summed E-state index contributed by atoms with van der Waals surface area (Å²) in [6.07, 6.45) is 4.74. The summed E-state index contributed by atoms with van der Waals surface area (Å²) in [5.41, 5.74) is 17.9. The number of benzene rings is 3. The highest BCUT2D eigenvalue weighted by Gasteiger charge is 2.25. The summed E-state index contributed by atoms with van der Waals surface area (Å²) >= 11 is 0. The second-order valence-electron chi connectivity index (χ2n) is 8.31. The van der Waals surface area contributed by atoms with Crippen LogP contribution in [0.3, 0.4) is 0 Å². The molecule has 0 aliphatic heterocycles. The van der Waals surface area contributed by atoms with Crippen LogP contribution >= 0.6 is 0 Å². The summed E-state index contributed by atoms with van der Waals surface area (Å²) in [6.45, 7) is 8.95. The molecule has 0 nitrogen and oxygen atoms in total. The summed E-state index contributed by atoms with van der Waals surface area (Å²) < 4.78 is 0.